The zero-order valence-electron chi connectivity index (χ0n) is 13.4. The molecule has 2 rings (SSSR count). The number of anilines is 2. The quantitative estimate of drug-likeness (QED) is 0.696. The highest BCUT2D eigenvalue weighted by atomic mass is 16.5. The molecule has 0 fully saturated rings. The summed E-state index contributed by atoms with van der Waals surface area (Å²) in [6.45, 7) is 3.03. The van der Waals surface area contributed by atoms with E-state index < -0.39 is 5.97 Å². The highest BCUT2D eigenvalue weighted by molar-refractivity contribution is 5.91. The number of carboxylic acids is 1. The number of hydrogen-bond acceptors (Lipinski definition) is 4. The van der Waals surface area contributed by atoms with Crippen LogP contribution in [0.4, 0.5) is 11.4 Å². The molecule has 0 spiro atoms. The molecule has 0 unspecified atom stereocenters. The Labute approximate surface area is 136 Å². The molecule has 0 aliphatic carbocycles. The summed E-state index contributed by atoms with van der Waals surface area (Å²) in [4.78, 5) is 11.2. The van der Waals surface area contributed by atoms with Gasteiger partial charge in [-0.1, -0.05) is 18.2 Å². The first-order valence-electron chi connectivity index (χ1n) is 7.65. The van der Waals surface area contributed by atoms with Gasteiger partial charge < -0.3 is 20.5 Å². The highest BCUT2D eigenvalue weighted by Crippen LogP contribution is 2.22. The van der Waals surface area contributed by atoms with Crippen LogP contribution in [0.25, 0.3) is 0 Å². The summed E-state index contributed by atoms with van der Waals surface area (Å²) in [6, 6.07) is 13.2. The maximum absolute atomic E-state index is 11.2. The van der Waals surface area contributed by atoms with Gasteiger partial charge >= 0.3 is 5.97 Å². The molecule has 0 saturated carbocycles. The normalized spacial score (nSPS) is 10.2. The maximum Gasteiger partial charge on any atom is 0.339 e. The van der Waals surface area contributed by atoms with Gasteiger partial charge in [-0.15, -0.1) is 0 Å². The van der Waals surface area contributed by atoms with Crippen molar-refractivity contribution in [2.75, 3.05) is 30.8 Å². The lowest BCUT2D eigenvalue weighted by Crippen LogP contribution is -2.08. The topological polar surface area (TPSA) is 70.6 Å². The highest BCUT2D eigenvalue weighted by Gasteiger charge is 2.11. The number of aromatic carboxylic acids is 1. The lowest BCUT2D eigenvalue weighted by Gasteiger charge is -2.13. The van der Waals surface area contributed by atoms with Gasteiger partial charge in [0.05, 0.1) is 18.0 Å². The second-order valence-electron chi connectivity index (χ2n) is 5.04. The molecule has 3 N–H and O–H groups in total. The molecule has 0 bridgehead atoms. The van der Waals surface area contributed by atoms with Crippen molar-refractivity contribution in [3.8, 4) is 5.75 Å². The van der Waals surface area contributed by atoms with Crippen LogP contribution in [0, 0.1) is 0 Å². The molecule has 0 saturated heterocycles. The van der Waals surface area contributed by atoms with Gasteiger partial charge in [-0.3, -0.25) is 0 Å². The van der Waals surface area contributed by atoms with Gasteiger partial charge in [0, 0.05) is 13.6 Å². The molecular formula is C18H22N2O3. The van der Waals surface area contributed by atoms with E-state index in [1.807, 2.05) is 44.3 Å². The van der Waals surface area contributed by atoms with Gasteiger partial charge in [-0.2, -0.15) is 0 Å². The largest absolute Gasteiger partial charge is 0.493 e. The first kappa shape index (κ1) is 16.7. The van der Waals surface area contributed by atoms with Gasteiger partial charge in [0.25, 0.3) is 0 Å². The zero-order valence-corrected chi connectivity index (χ0v) is 13.4. The average molecular weight is 314 g/mol. The van der Waals surface area contributed by atoms with Gasteiger partial charge in [0.2, 0.25) is 0 Å². The Morgan fingerprint density at radius 2 is 1.91 bits per heavy atom. The van der Waals surface area contributed by atoms with Gasteiger partial charge in [0.1, 0.15) is 11.3 Å². The second kappa shape index (κ2) is 8.08. The zero-order chi connectivity index (χ0) is 16.7. The predicted molar refractivity (Wildman–Crippen MR) is 92.8 cm³/mol. The summed E-state index contributed by atoms with van der Waals surface area (Å²) in [5, 5.41) is 15.7. The molecule has 2 aromatic rings. The summed E-state index contributed by atoms with van der Waals surface area (Å²) in [5.41, 5.74) is 3.32. The van der Waals surface area contributed by atoms with Gasteiger partial charge in [-0.25, -0.2) is 4.79 Å². The molecule has 0 aromatic heterocycles. The number of benzene rings is 2. The van der Waals surface area contributed by atoms with Crippen molar-refractivity contribution in [1.82, 2.24) is 0 Å². The summed E-state index contributed by atoms with van der Waals surface area (Å²) < 4.78 is 5.43. The summed E-state index contributed by atoms with van der Waals surface area (Å²) >= 11 is 0. The van der Waals surface area contributed by atoms with E-state index in [2.05, 4.69) is 10.6 Å². The number of carboxylic acid groups (broad SMARTS) is 1. The standard InChI is InChI=1S/C18H22N2O3/c1-3-23-17-12-13(8-9-14(17)18(21)22)10-11-20-16-7-5-4-6-15(16)19-2/h4-9,12,19-20H,3,10-11H2,1-2H3,(H,21,22). The molecule has 0 radical (unpaired) electrons. The van der Waals surface area contributed by atoms with Crippen LogP contribution in [0.1, 0.15) is 22.8 Å². The monoisotopic (exact) mass is 314 g/mol. The molecular weight excluding hydrogens is 292 g/mol. The molecule has 0 heterocycles. The molecule has 0 aliphatic heterocycles. The van der Waals surface area contributed by atoms with Crippen LogP contribution in [0.3, 0.4) is 0 Å². The van der Waals surface area contributed by atoms with Crippen molar-refractivity contribution in [3.63, 3.8) is 0 Å². The number of para-hydroxylation sites is 2. The van der Waals surface area contributed by atoms with E-state index >= 15 is 0 Å². The minimum absolute atomic E-state index is 0.198. The first-order chi connectivity index (χ1) is 11.2. The third-order valence-electron chi connectivity index (χ3n) is 3.50. The number of nitrogens with one attached hydrogen (secondary N) is 2. The first-order valence-corrected chi connectivity index (χ1v) is 7.65. The fraction of sp³-hybridized carbons (Fsp3) is 0.278. The Bertz CT molecular complexity index is 671. The minimum atomic E-state index is -0.971. The van der Waals surface area contributed by atoms with Crippen molar-refractivity contribution in [2.24, 2.45) is 0 Å². The smallest absolute Gasteiger partial charge is 0.339 e. The molecule has 5 heteroatoms. The van der Waals surface area contributed by atoms with Gasteiger partial charge in [0.15, 0.2) is 0 Å². The van der Waals surface area contributed by atoms with E-state index in [4.69, 9.17) is 9.84 Å². The van der Waals surface area contributed by atoms with E-state index in [1.54, 1.807) is 12.1 Å². The Kier molecular flexibility index (Phi) is 5.86. The maximum atomic E-state index is 11.2. The molecule has 0 atom stereocenters. The SMILES string of the molecule is CCOc1cc(CCNc2ccccc2NC)ccc1C(=O)O. The summed E-state index contributed by atoms with van der Waals surface area (Å²) in [6.07, 6.45) is 0.776. The Hall–Kier alpha value is -2.69. The molecule has 122 valence electrons. The Morgan fingerprint density at radius 1 is 1.17 bits per heavy atom. The van der Waals surface area contributed by atoms with E-state index in [9.17, 15) is 4.79 Å². The molecule has 5 nitrogen and oxygen atoms in total. The lowest BCUT2D eigenvalue weighted by molar-refractivity contribution is 0.0692. The van der Waals surface area contributed by atoms with E-state index in [0.29, 0.717) is 12.4 Å². The van der Waals surface area contributed by atoms with E-state index in [-0.39, 0.29) is 5.56 Å². The van der Waals surface area contributed by atoms with Crippen LogP contribution in [-0.2, 0) is 6.42 Å². The second-order valence-corrected chi connectivity index (χ2v) is 5.04. The van der Waals surface area contributed by atoms with Crippen LogP contribution in [0.2, 0.25) is 0 Å². The fourth-order valence-electron chi connectivity index (χ4n) is 2.37. The Balaban J connectivity index is 2.03. The summed E-state index contributed by atoms with van der Waals surface area (Å²) in [7, 11) is 1.89. The van der Waals surface area contributed by atoms with Crippen LogP contribution < -0.4 is 15.4 Å². The summed E-state index contributed by atoms with van der Waals surface area (Å²) in [5.74, 6) is -0.547. The van der Waals surface area contributed by atoms with Crippen molar-refractivity contribution in [1.29, 1.82) is 0 Å². The van der Waals surface area contributed by atoms with Crippen molar-refractivity contribution in [3.05, 3.63) is 53.6 Å². The number of hydrogen-bond donors (Lipinski definition) is 3. The van der Waals surface area contributed by atoms with Crippen LogP contribution in [0.15, 0.2) is 42.5 Å². The molecule has 23 heavy (non-hydrogen) atoms. The minimum Gasteiger partial charge on any atom is -0.493 e. The van der Waals surface area contributed by atoms with Crippen LogP contribution in [-0.4, -0.2) is 31.3 Å². The van der Waals surface area contributed by atoms with E-state index in [0.717, 1.165) is 29.9 Å². The van der Waals surface area contributed by atoms with Crippen molar-refractivity contribution in [2.45, 2.75) is 13.3 Å². The van der Waals surface area contributed by atoms with Crippen LogP contribution >= 0.6 is 0 Å². The third kappa shape index (κ3) is 4.39. The van der Waals surface area contributed by atoms with Crippen molar-refractivity contribution < 1.29 is 14.6 Å². The number of carbonyl (C=O) groups is 1. The Morgan fingerprint density at radius 3 is 2.57 bits per heavy atom. The number of rotatable bonds is 8. The number of ether oxygens (including phenoxy) is 1. The van der Waals surface area contributed by atoms with Crippen LogP contribution in [0.5, 0.6) is 5.75 Å². The molecule has 2 aromatic carbocycles. The van der Waals surface area contributed by atoms with E-state index in [1.165, 1.54) is 0 Å². The van der Waals surface area contributed by atoms with Gasteiger partial charge in [-0.05, 0) is 43.2 Å². The molecule has 0 aliphatic rings. The molecule has 0 amide bonds. The average Bonchev–Trinajstić information content (AvgIpc) is 2.55. The third-order valence-corrected chi connectivity index (χ3v) is 3.50. The van der Waals surface area contributed by atoms with Crippen molar-refractivity contribution >= 4 is 17.3 Å². The predicted octanol–water partition coefficient (Wildman–Crippen LogP) is 3.48. The fourth-order valence-corrected chi connectivity index (χ4v) is 2.37. The lowest BCUT2D eigenvalue weighted by atomic mass is 10.1.